The van der Waals surface area contributed by atoms with Crippen LogP contribution in [0.3, 0.4) is 0 Å². The summed E-state index contributed by atoms with van der Waals surface area (Å²) < 4.78 is 1.66. The first-order chi connectivity index (χ1) is 6.79. The highest BCUT2D eigenvalue weighted by atomic mass is 16.2. The molecule has 0 saturated heterocycles. The molecule has 0 unspecified atom stereocenters. The van der Waals surface area contributed by atoms with Crippen molar-refractivity contribution in [1.29, 1.82) is 0 Å². The number of aryl methyl sites for hydroxylation is 2. The fourth-order valence-electron chi connectivity index (χ4n) is 1.80. The molecule has 76 valence electrons. The summed E-state index contributed by atoms with van der Waals surface area (Å²) in [7, 11) is 0. The normalized spacial score (nSPS) is 14.9. The van der Waals surface area contributed by atoms with Gasteiger partial charge < -0.3 is 0 Å². The van der Waals surface area contributed by atoms with Crippen molar-refractivity contribution in [2.75, 3.05) is 0 Å². The van der Waals surface area contributed by atoms with Gasteiger partial charge in [0.2, 0.25) is 0 Å². The number of nitrogens with one attached hydrogen (secondary N) is 1. The van der Waals surface area contributed by atoms with Crippen LogP contribution in [-0.2, 0) is 24.2 Å². The number of rotatable bonds is 2. The lowest BCUT2D eigenvalue weighted by Crippen LogP contribution is -2.33. The van der Waals surface area contributed by atoms with E-state index in [9.17, 15) is 4.79 Å². The van der Waals surface area contributed by atoms with E-state index in [1.165, 1.54) is 18.4 Å². The minimum Gasteiger partial charge on any atom is -0.293 e. The van der Waals surface area contributed by atoms with Crippen molar-refractivity contribution in [1.82, 2.24) is 15.2 Å². The summed E-state index contributed by atoms with van der Waals surface area (Å²) in [5.41, 5.74) is 4.51. The van der Waals surface area contributed by atoms with Gasteiger partial charge in [0.05, 0.1) is 5.69 Å². The van der Waals surface area contributed by atoms with Gasteiger partial charge in [0.1, 0.15) is 6.54 Å². The molecule has 1 heterocycles. The molecule has 0 fully saturated rings. The molecule has 0 bridgehead atoms. The summed E-state index contributed by atoms with van der Waals surface area (Å²) in [6.07, 6.45) is 6.49. The first-order valence-electron chi connectivity index (χ1n) is 4.84. The van der Waals surface area contributed by atoms with E-state index in [2.05, 4.69) is 10.5 Å². The minimum atomic E-state index is -0.218. The summed E-state index contributed by atoms with van der Waals surface area (Å²) in [6.45, 7) is 0.212. The van der Waals surface area contributed by atoms with Crippen molar-refractivity contribution < 1.29 is 4.79 Å². The van der Waals surface area contributed by atoms with Crippen LogP contribution in [0.25, 0.3) is 0 Å². The number of hydrogen-bond acceptors (Lipinski definition) is 3. The van der Waals surface area contributed by atoms with Gasteiger partial charge in [0.25, 0.3) is 5.91 Å². The minimum absolute atomic E-state index is 0.212. The number of nitrogens with two attached hydrogens (primary N) is 1. The van der Waals surface area contributed by atoms with Crippen molar-refractivity contribution in [2.45, 2.75) is 32.2 Å². The molecule has 2 rings (SSSR count). The Morgan fingerprint density at radius 1 is 1.57 bits per heavy atom. The lowest BCUT2D eigenvalue weighted by atomic mass is 9.99. The number of hydrazine groups is 1. The van der Waals surface area contributed by atoms with Crippen LogP contribution in [0.4, 0.5) is 0 Å². The zero-order valence-corrected chi connectivity index (χ0v) is 7.99. The molecule has 14 heavy (non-hydrogen) atoms. The summed E-state index contributed by atoms with van der Waals surface area (Å²) in [4.78, 5) is 11.0. The van der Waals surface area contributed by atoms with E-state index in [1.54, 1.807) is 4.68 Å². The molecule has 5 heteroatoms. The van der Waals surface area contributed by atoms with Gasteiger partial charge in [-0.3, -0.25) is 14.9 Å². The summed E-state index contributed by atoms with van der Waals surface area (Å²) >= 11 is 0. The highest BCUT2D eigenvalue weighted by Crippen LogP contribution is 2.18. The Balaban J connectivity index is 2.12. The number of hydrogen-bond donors (Lipinski definition) is 2. The molecular weight excluding hydrogens is 180 g/mol. The predicted molar refractivity (Wildman–Crippen MR) is 51.2 cm³/mol. The second kappa shape index (κ2) is 3.79. The molecule has 0 saturated carbocycles. The Morgan fingerprint density at radius 2 is 2.36 bits per heavy atom. The van der Waals surface area contributed by atoms with E-state index < -0.39 is 0 Å². The quantitative estimate of drug-likeness (QED) is 0.387. The first kappa shape index (κ1) is 9.21. The lowest BCUT2D eigenvalue weighted by molar-refractivity contribution is -0.121. The van der Waals surface area contributed by atoms with Crippen LogP contribution in [0.5, 0.6) is 0 Å². The smallest absolute Gasteiger partial charge is 0.255 e. The van der Waals surface area contributed by atoms with Gasteiger partial charge >= 0.3 is 0 Å². The molecule has 0 spiro atoms. The maximum absolute atomic E-state index is 11.0. The number of nitrogens with zero attached hydrogens (tertiary/aromatic N) is 2. The summed E-state index contributed by atoms with van der Waals surface area (Å²) in [6, 6.07) is 0. The zero-order chi connectivity index (χ0) is 9.97. The molecule has 0 aliphatic heterocycles. The molecule has 5 nitrogen and oxygen atoms in total. The Labute approximate surface area is 82.2 Å². The van der Waals surface area contributed by atoms with E-state index in [1.807, 2.05) is 6.20 Å². The fraction of sp³-hybridized carbons (Fsp3) is 0.556. The van der Waals surface area contributed by atoms with Gasteiger partial charge in [-0.1, -0.05) is 0 Å². The summed E-state index contributed by atoms with van der Waals surface area (Å²) in [5, 5.41) is 4.34. The third kappa shape index (κ3) is 1.77. The van der Waals surface area contributed by atoms with Crippen molar-refractivity contribution in [3.63, 3.8) is 0 Å². The van der Waals surface area contributed by atoms with Crippen LogP contribution in [0.15, 0.2) is 6.20 Å². The second-order valence-electron chi connectivity index (χ2n) is 3.57. The molecule has 1 aromatic heterocycles. The first-order valence-corrected chi connectivity index (χ1v) is 4.84. The number of carbonyl (C=O) groups is 1. The van der Waals surface area contributed by atoms with Crippen molar-refractivity contribution in [3.05, 3.63) is 17.5 Å². The van der Waals surface area contributed by atoms with Crippen LogP contribution in [0, 0.1) is 0 Å². The average molecular weight is 194 g/mol. The standard InChI is InChI=1S/C9H14N4O/c10-11-9(14)6-13-5-7-3-1-2-4-8(7)12-13/h5H,1-4,6,10H2,(H,11,14). The third-order valence-corrected chi connectivity index (χ3v) is 2.50. The Bertz CT molecular complexity index is 321. The summed E-state index contributed by atoms with van der Waals surface area (Å²) in [5.74, 6) is 4.78. The Morgan fingerprint density at radius 3 is 3.07 bits per heavy atom. The highest BCUT2D eigenvalue weighted by molar-refractivity contribution is 5.74. The van der Waals surface area contributed by atoms with Crippen molar-refractivity contribution in [3.8, 4) is 0 Å². The van der Waals surface area contributed by atoms with Crippen molar-refractivity contribution >= 4 is 5.91 Å². The van der Waals surface area contributed by atoms with E-state index in [0.717, 1.165) is 18.5 Å². The molecule has 1 aliphatic carbocycles. The van der Waals surface area contributed by atoms with Gasteiger partial charge in [0.15, 0.2) is 0 Å². The van der Waals surface area contributed by atoms with Gasteiger partial charge in [0, 0.05) is 6.20 Å². The van der Waals surface area contributed by atoms with Gasteiger partial charge in [-0.2, -0.15) is 5.10 Å². The maximum Gasteiger partial charge on any atom is 0.255 e. The zero-order valence-electron chi connectivity index (χ0n) is 7.99. The van der Waals surface area contributed by atoms with Gasteiger partial charge in [-0.05, 0) is 31.2 Å². The van der Waals surface area contributed by atoms with Crippen LogP contribution < -0.4 is 11.3 Å². The Kier molecular flexibility index (Phi) is 2.49. The fourth-order valence-corrected chi connectivity index (χ4v) is 1.80. The molecule has 1 aromatic rings. The van der Waals surface area contributed by atoms with E-state index in [-0.39, 0.29) is 12.5 Å². The number of amides is 1. The molecule has 1 amide bonds. The molecule has 0 aromatic carbocycles. The molecule has 0 radical (unpaired) electrons. The number of carbonyl (C=O) groups excluding carboxylic acids is 1. The Hall–Kier alpha value is -1.36. The van der Waals surface area contributed by atoms with Crippen LogP contribution >= 0.6 is 0 Å². The number of fused-ring (bicyclic) bond motifs is 1. The van der Waals surface area contributed by atoms with Gasteiger partial charge in [-0.25, -0.2) is 5.84 Å². The molecule has 3 N–H and O–H groups in total. The highest BCUT2D eigenvalue weighted by Gasteiger charge is 2.14. The van der Waals surface area contributed by atoms with Crippen LogP contribution in [0.1, 0.15) is 24.1 Å². The topological polar surface area (TPSA) is 72.9 Å². The van der Waals surface area contributed by atoms with E-state index in [4.69, 9.17) is 5.84 Å². The van der Waals surface area contributed by atoms with Crippen LogP contribution in [-0.4, -0.2) is 15.7 Å². The number of aromatic nitrogens is 2. The van der Waals surface area contributed by atoms with Crippen molar-refractivity contribution in [2.24, 2.45) is 5.84 Å². The molecule has 1 aliphatic rings. The van der Waals surface area contributed by atoms with Gasteiger partial charge in [-0.15, -0.1) is 0 Å². The average Bonchev–Trinajstić information content (AvgIpc) is 2.59. The second-order valence-corrected chi connectivity index (χ2v) is 3.57. The predicted octanol–water partition coefficient (Wildman–Crippen LogP) is -0.248. The monoisotopic (exact) mass is 194 g/mol. The SMILES string of the molecule is NNC(=O)Cn1cc2c(n1)CCCC2. The lowest BCUT2D eigenvalue weighted by Gasteiger charge is -2.06. The van der Waals surface area contributed by atoms with Crippen LogP contribution in [0.2, 0.25) is 0 Å². The largest absolute Gasteiger partial charge is 0.293 e. The van der Waals surface area contributed by atoms with E-state index >= 15 is 0 Å². The maximum atomic E-state index is 11.0. The molecule has 0 atom stereocenters. The third-order valence-electron chi connectivity index (χ3n) is 2.50. The van der Waals surface area contributed by atoms with E-state index in [0.29, 0.717) is 0 Å². The molecular formula is C9H14N4O.